The minimum atomic E-state index is -0.925. The van der Waals surface area contributed by atoms with E-state index in [1.165, 1.54) is 12.1 Å². The molecule has 1 N–H and O–H groups in total. The number of aryl methyl sites for hydroxylation is 1. The van der Waals surface area contributed by atoms with Crippen molar-refractivity contribution in [1.29, 1.82) is 0 Å². The maximum absolute atomic E-state index is 14.0. The Hall–Kier alpha value is -3.16. The van der Waals surface area contributed by atoms with E-state index in [4.69, 9.17) is 16.3 Å². The number of rotatable bonds is 6. The van der Waals surface area contributed by atoms with Crippen molar-refractivity contribution in [2.24, 2.45) is 0 Å². The number of pyridine rings is 1. The average Bonchev–Trinajstić information content (AvgIpc) is 2.82. The summed E-state index contributed by atoms with van der Waals surface area (Å²) in [6.07, 6.45) is 9.35. The number of aliphatic hydroxyl groups is 1. The lowest BCUT2D eigenvalue weighted by molar-refractivity contribution is 0.118. The van der Waals surface area contributed by atoms with Gasteiger partial charge >= 0.3 is 0 Å². The van der Waals surface area contributed by atoms with Crippen molar-refractivity contribution in [3.05, 3.63) is 99.7 Å². The Morgan fingerprint density at radius 2 is 1.97 bits per heavy atom. The fourth-order valence-electron chi connectivity index (χ4n) is 3.96. The second kappa shape index (κ2) is 9.84. The minimum Gasteiger partial charge on any atom is -0.487 e. The summed E-state index contributed by atoms with van der Waals surface area (Å²) in [6, 6.07) is 5.98. The van der Waals surface area contributed by atoms with Gasteiger partial charge in [-0.05, 0) is 51.0 Å². The summed E-state index contributed by atoms with van der Waals surface area (Å²) < 4.78 is 33.2. The third-order valence-electron chi connectivity index (χ3n) is 6.08. The molecule has 2 aromatic rings. The number of anilines is 2. The molecule has 0 fully saturated rings. The van der Waals surface area contributed by atoms with Crippen molar-refractivity contribution in [2.45, 2.75) is 39.9 Å². The minimum absolute atomic E-state index is 0.124. The van der Waals surface area contributed by atoms with Crippen LogP contribution in [-0.4, -0.2) is 28.8 Å². The lowest BCUT2D eigenvalue weighted by atomic mass is 9.96. The first-order valence-electron chi connectivity index (χ1n) is 11.3. The fraction of sp³-hybridized carbons (Fsp3) is 0.296. The molecular weight excluding hydrogens is 472 g/mol. The Labute approximate surface area is 209 Å². The molecule has 0 unspecified atom stereocenters. The molecule has 0 bridgehead atoms. The van der Waals surface area contributed by atoms with Crippen molar-refractivity contribution in [3.8, 4) is 0 Å². The highest BCUT2D eigenvalue weighted by molar-refractivity contribution is 6.30. The van der Waals surface area contributed by atoms with E-state index in [-0.39, 0.29) is 12.2 Å². The fourth-order valence-corrected chi connectivity index (χ4v) is 4.18. The van der Waals surface area contributed by atoms with E-state index in [0.717, 1.165) is 34.4 Å². The van der Waals surface area contributed by atoms with Gasteiger partial charge < -0.3 is 19.6 Å². The molecule has 184 valence electrons. The number of hydrogen-bond donors (Lipinski definition) is 1. The second-order valence-corrected chi connectivity index (χ2v) is 9.65. The van der Waals surface area contributed by atoms with Gasteiger partial charge in [0.2, 0.25) is 0 Å². The van der Waals surface area contributed by atoms with E-state index in [2.05, 4.69) is 9.88 Å². The van der Waals surface area contributed by atoms with Crippen LogP contribution in [0.5, 0.6) is 0 Å². The smallest absolute Gasteiger partial charge is 0.165 e. The first-order chi connectivity index (χ1) is 16.5. The number of allylic oxidation sites excluding steroid dienone is 4. The van der Waals surface area contributed by atoms with Gasteiger partial charge in [-0.25, -0.2) is 13.8 Å². The Morgan fingerprint density at radius 3 is 2.71 bits per heavy atom. The van der Waals surface area contributed by atoms with Crippen LogP contribution in [0.25, 0.3) is 0 Å². The van der Waals surface area contributed by atoms with Crippen LogP contribution in [0, 0.1) is 18.6 Å². The summed E-state index contributed by atoms with van der Waals surface area (Å²) in [5.41, 5.74) is 2.88. The second-order valence-electron chi connectivity index (χ2n) is 9.19. The molecule has 4 rings (SSSR count). The zero-order valence-electron chi connectivity index (χ0n) is 20.1. The summed E-state index contributed by atoms with van der Waals surface area (Å²) in [5, 5.41) is 10.9. The highest BCUT2D eigenvalue weighted by Crippen LogP contribution is 2.34. The molecule has 8 heteroatoms. The highest BCUT2D eigenvalue weighted by atomic mass is 35.5. The van der Waals surface area contributed by atoms with E-state index in [1.807, 2.05) is 49.4 Å². The number of halogens is 3. The summed E-state index contributed by atoms with van der Waals surface area (Å²) in [5.74, 6) is -0.662. The molecule has 1 aromatic heterocycles. The summed E-state index contributed by atoms with van der Waals surface area (Å²) in [4.78, 5) is 8.63. The van der Waals surface area contributed by atoms with Crippen molar-refractivity contribution in [1.82, 2.24) is 4.98 Å². The summed E-state index contributed by atoms with van der Waals surface area (Å²) >= 11 is 6.57. The van der Waals surface area contributed by atoms with Crippen LogP contribution in [0.3, 0.4) is 0 Å². The Kier molecular flexibility index (Phi) is 7.01. The van der Waals surface area contributed by atoms with E-state index < -0.39 is 17.2 Å². The van der Waals surface area contributed by atoms with E-state index in [0.29, 0.717) is 23.9 Å². The van der Waals surface area contributed by atoms with Gasteiger partial charge in [-0.2, -0.15) is 0 Å². The molecule has 2 aliphatic heterocycles. The number of hydrogen-bond acceptors (Lipinski definition) is 5. The maximum Gasteiger partial charge on any atom is 0.165 e. The van der Waals surface area contributed by atoms with Crippen LogP contribution in [0.1, 0.15) is 31.9 Å². The topological polar surface area (TPSA) is 48.8 Å². The molecule has 35 heavy (non-hydrogen) atoms. The Balaban J connectivity index is 1.53. The van der Waals surface area contributed by atoms with Gasteiger partial charge in [-0.15, -0.1) is 0 Å². The van der Waals surface area contributed by atoms with Crippen molar-refractivity contribution in [3.63, 3.8) is 0 Å². The third-order valence-corrected chi connectivity index (χ3v) is 6.39. The molecule has 0 saturated heterocycles. The molecule has 3 heterocycles. The summed E-state index contributed by atoms with van der Waals surface area (Å²) in [7, 11) is 0. The van der Waals surface area contributed by atoms with Crippen LogP contribution in [-0.2, 0) is 11.3 Å². The van der Waals surface area contributed by atoms with E-state index in [9.17, 15) is 13.9 Å². The Bertz CT molecular complexity index is 1260. The molecule has 0 aliphatic carbocycles. The first-order valence-corrected chi connectivity index (χ1v) is 11.7. The van der Waals surface area contributed by atoms with Crippen molar-refractivity contribution >= 4 is 23.1 Å². The van der Waals surface area contributed by atoms with Crippen molar-refractivity contribution in [2.75, 3.05) is 22.9 Å². The summed E-state index contributed by atoms with van der Waals surface area (Å²) in [6.45, 7) is 8.20. The molecule has 1 aromatic carbocycles. The lowest BCUT2D eigenvalue weighted by Gasteiger charge is -2.33. The molecule has 0 radical (unpaired) electrons. The molecule has 0 spiro atoms. The highest BCUT2D eigenvalue weighted by Gasteiger charge is 2.25. The van der Waals surface area contributed by atoms with Gasteiger partial charge in [0, 0.05) is 48.0 Å². The van der Waals surface area contributed by atoms with Gasteiger partial charge in [0.05, 0.1) is 17.2 Å². The largest absolute Gasteiger partial charge is 0.487 e. The molecular formula is C27H28ClF2N3O2. The first kappa shape index (κ1) is 24.9. The molecule has 0 atom stereocenters. The SMILES string of the molecule is CC1=CC(OCc2cccc(F)c2F)=C(Cl)CN1c1cc(N2C=CC=C(C(C)(C)O)C2)ncc1C. The van der Waals surface area contributed by atoms with Gasteiger partial charge in [0.1, 0.15) is 18.2 Å². The standard InChI is InChI=1S/C27H28ClF2N3O2/c1-17-13-31-25(32-10-6-8-20(14-32)27(3,4)34)12-23(17)33-15-21(28)24(11-18(33)2)35-16-19-7-5-9-22(29)26(19)30/h5-13,34H,14-16H2,1-4H3. The Morgan fingerprint density at radius 1 is 1.20 bits per heavy atom. The van der Waals surface area contributed by atoms with Gasteiger partial charge in [0.25, 0.3) is 0 Å². The third kappa shape index (κ3) is 5.41. The monoisotopic (exact) mass is 499 g/mol. The number of aromatic nitrogens is 1. The number of nitrogens with zero attached hydrogens (tertiary/aromatic N) is 3. The van der Waals surface area contributed by atoms with Crippen LogP contribution >= 0.6 is 11.6 Å². The van der Waals surface area contributed by atoms with Crippen LogP contribution in [0.4, 0.5) is 20.3 Å². The average molecular weight is 500 g/mol. The normalized spacial score (nSPS) is 16.5. The predicted octanol–water partition coefficient (Wildman–Crippen LogP) is 6.09. The zero-order valence-corrected chi connectivity index (χ0v) is 20.9. The molecule has 0 amide bonds. The molecule has 0 saturated carbocycles. The molecule has 5 nitrogen and oxygen atoms in total. The van der Waals surface area contributed by atoms with Gasteiger partial charge in [-0.1, -0.05) is 29.8 Å². The van der Waals surface area contributed by atoms with Crippen LogP contribution in [0.15, 0.2) is 77.0 Å². The predicted molar refractivity (Wildman–Crippen MR) is 135 cm³/mol. The van der Waals surface area contributed by atoms with Crippen LogP contribution < -0.4 is 9.80 Å². The van der Waals surface area contributed by atoms with Crippen molar-refractivity contribution < 1.29 is 18.6 Å². The lowest BCUT2D eigenvalue weighted by Crippen LogP contribution is -2.33. The number of ether oxygens (including phenoxy) is 1. The van der Waals surface area contributed by atoms with E-state index >= 15 is 0 Å². The number of benzene rings is 1. The zero-order chi connectivity index (χ0) is 25.3. The van der Waals surface area contributed by atoms with Crippen LogP contribution in [0.2, 0.25) is 0 Å². The van der Waals surface area contributed by atoms with E-state index in [1.54, 1.807) is 19.9 Å². The quantitative estimate of drug-likeness (QED) is 0.521. The molecule has 2 aliphatic rings. The van der Waals surface area contributed by atoms with Gasteiger partial charge in [-0.3, -0.25) is 0 Å². The van der Waals surface area contributed by atoms with Gasteiger partial charge in [0.15, 0.2) is 11.6 Å². The maximum atomic E-state index is 14.0.